The second-order valence-electron chi connectivity index (χ2n) is 4.02. The van der Waals surface area contributed by atoms with E-state index in [2.05, 4.69) is 15.5 Å². The second-order valence-corrected chi connectivity index (χ2v) is 5.32. The van der Waals surface area contributed by atoms with Crippen molar-refractivity contribution in [2.75, 3.05) is 11.1 Å². The van der Waals surface area contributed by atoms with Crippen molar-refractivity contribution in [2.45, 2.75) is 17.3 Å². The number of nitrogen functional groups attached to an aromatic ring is 1. The lowest BCUT2D eigenvalue weighted by molar-refractivity contribution is -0.115. The van der Waals surface area contributed by atoms with Crippen molar-refractivity contribution in [2.24, 2.45) is 7.05 Å². The van der Waals surface area contributed by atoms with E-state index in [9.17, 15) is 4.79 Å². The molecule has 19 heavy (non-hydrogen) atoms. The lowest BCUT2D eigenvalue weighted by atomic mass is 10.3. The molecule has 1 unspecified atom stereocenters. The predicted octanol–water partition coefficient (Wildman–Crippen LogP) is 1.52. The molecule has 0 spiro atoms. The third-order valence-electron chi connectivity index (χ3n) is 2.56. The van der Waals surface area contributed by atoms with Crippen LogP contribution in [-0.4, -0.2) is 25.9 Å². The van der Waals surface area contributed by atoms with E-state index in [1.807, 2.05) is 37.3 Å². The van der Waals surface area contributed by atoms with Gasteiger partial charge in [-0.2, -0.15) is 0 Å². The maximum Gasteiger partial charge on any atom is 0.237 e. The molecule has 2 rings (SSSR count). The fourth-order valence-electron chi connectivity index (χ4n) is 1.41. The van der Waals surface area contributed by atoms with Crippen LogP contribution < -0.4 is 11.1 Å². The van der Waals surface area contributed by atoms with Gasteiger partial charge in [0.25, 0.3) is 0 Å². The Kier molecular flexibility index (Phi) is 4.06. The van der Waals surface area contributed by atoms with Gasteiger partial charge in [-0.25, -0.2) is 0 Å². The fourth-order valence-corrected chi connectivity index (χ4v) is 2.23. The maximum absolute atomic E-state index is 12.0. The van der Waals surface area contributed by atoms with Crippen LogP contribution in [0.25, 0.3) is 0 Å². The van der Waals surface area contributed by atoms with E-state index in [0.29, 0.717) is 11.1 Å². The second kappa shape index (κ2) is 5.75. The van der Waals surface area contributed by atoms with Gasteiger partial charge in [-0.15, -0.1) is 10.2 Å². The van der Waals surface area contributed by atoms with E-state index in [-0.39, 0.29) is 11.2 Å². The standard InChI is InChI=1S/C12H15N5OS/c1-8(19-12-16-15-11(13)17(12)2)10(18)14-9-6-4-3-5-7-9/h3-8H,1-2H3,(H2,13,15)(H,14,18). The van der Waals surface area contributed by atoms with Crippen LogP contribution in [0.1, 0.15) is 6.92 Å². The molecule has 0 saturated heterocycles. The first-order valence-electron chi connectivity index (χ1n) is 5.75. The molecule has 0 aliphatic carbocycles. The number of carbonyl (C=O) groups excluding carboxylic acids is 1. The molecule has 3 N–H and O–H groups in total. The van der Waals surface area contributed by atoms with Crippen molar-refractivity contribution in [1.82, 2.24) is 14.8 Å². The lowest BCUT2D eigenvalue weighted by Crippen LogP contribution is -2.22. The highest BCUT2D eigenvalue weighted by atomic mass is 32.2. The highest BCUT2D eigenvalue weighted by molar-refractivity contribution is 8.00. The number of benzene rings is 1. The first-order chi connectivity index (χ1) is 9.08. The Morgan fingerprint density at radius 3 is 2.63 bits per heavy atom. The minimum Gasteiger partial charge on any atom is -0.368 e. The molecule has 7 heteroatoms. The number of thioether (sulfide) groups is 1. The summed E-state index contributed by atoms with van der Waals surface area (Å²) in [6.45, 7) is 1.81. The van der Waals surface area contributed by atoms with Crippen molar-refractivity contribution in [3.8, 4) is 0 Å². The average Bonchev–Trinajstić information content (AvgIpc) is 2.72. The van der Waals surface area contributed by atoms with E-state index in [1.165, 1.54) is 11.8 Å². The number of nitrogens with two attached hydrogens (primary N) is 1. The smallest absolute Gasteiger partial charge is 0.237 e. The summed E-state index contributed by atoms with van der Waals surface area (Å²) < 4.78 is 1.65. The van der Waals surface area contributed by atoms with E-state index in [0.717, 1.165) is 5.69 Å². The van der Waals surface area contributed by atoms with Crippen molar-refractivity contribution in [1.29, 1.82) is 0 Å². The van der Waals surface area contributed by atoms with Gasteiger partial charge in [0.2, 0.25) is 11.9 Å². The zero-order valence-corrected chi connectivity index (χ0v) is 11.5. The van der Waals surface area contributed by atoms with E-state index in [4.69, 9.17) is 5.73 Å². The molecule has 1 aromatic heterocycles. The Bertz CT molecular complexity index is 569. The van der Waals surface area contributed by atoms with Crippen molar-refractivity contribution in [3.63, 3.8) is 0 Å². The predicted molar refractivity (Wildman–Crippen MR) is 75.8 cm³/mol. The first-order valence-corrected chi connectivity index (χ1v) is 6.63. The van der Waals surface area contributed by atoms with Crippen LogP contribution in [0, 0.1) is 0 Å². The average molecular weight is 277 g/mol. The van der Waals surface area contributed by atoms with Crippen LogP contribution in [0.15, 0.2) is 35.5 Å². The van der Waals surface area contributed by atoms with Crippen LogP contribution in [0.5, 0.6) is 0 Å². The highest BCUT2D eigenvalue weighted by Gasteiger charge is 2.18. The maximum atomic E-state index is 12.0. The largest absolute Gasteiger partial charge is 0.368 e. The Morgan fingerprint density at radius 1 is 1.37 bits per heavy atom. The molecule has 0 radical (unpaired) electrons. The zero-order valence-electron chi connectivity index (χ0n) is 10.7. The van der Waals surface area contributed by atoms with Crippen molar-refractivity contribution >= 4 is 29.3 Å². The Morgan fingerprint density at radius 2 is 2.05 bits per heavy atom. The number of anilines is 2. The summed E-state index contributed by atoms with van der Waals surface area (Å²) >= 11 is 1.32. The van der Waals surface area contributed by atoms with Crippen LogP contribution in [-0.2, 0) is 11.8 Å². The number of nitrogens with one attached hydrogen (secondary N) is 1. The van der Waals surface area contributed by atoms with Crippen molar-refractivity contribution < 1.29 is 4.79 Å². The Hall–Kier alpha value is -2.02. The monoisotopic (exact) mass is 277 g/mol. The molecule has 1 atom stereocenters. The molecule has 6 nitrogen and oxygen atoms in total. The summed E-state index contributed by atoms with van der Waals surface area (Å²) in [4.78, 5) is 12.0. The van der Waals surface area contributed by atoms with E-state index in [1.54, 1.807) is 11.6 Å². The minimum absolute atomic E-state index is 0.0854. The van der Waals surface area contributed by atoms with E-state index < -0.39 is 0 Å². The van der Waals surface area contributed by atoms with Gasteiger partial charge in [0.15, 0.2) is 5.16 Å². The number of para-hydroxylation sites is 1. The summed E-state index contributed by atoms with van der Waals surface area (Å²) in [6, 6.07) is 9.33. The third kappa shape index (κ3) is 3.25. The molecular weight excluding hydrogens is 262 g/mol. The van der Waals surface area contributed by atoms with Gasteiger partial charge >= 0.3 is 0 Å². The quantitative estimate of drug-likeness (QED) is 0.827. The molecule has 1 aromatic carbocycles. The normalized spacial score (nSPS) is 12.1. The summed E-state index contributed by atoms with van der Waals surface area (Å²) in [6.07, 6.45) is 0. The molecular formula is C12H15N5OS. The van der Waals surface area contributed by atoms with Gasteiger partial charge < -0.3 is 11.1 Å². The molecule has 100 valence electrons. The SMILES string of the molecule is CC(Sc1nnc(N)n1C)C(=O)Nc1ccccc1. The zero-order chi connectivity index (χ0) is 13.8. The van der Waals surface area contributed by atoms with Gasteiger partial charge in [0, 0.05) is 12.7 Å². The lowest BCUT2D eigenvalue weighted by Gasteiger charge is -2.11. The van der Waals surface area contributed by atoms with E-state index >= 15 is 0 Å². The number of hydrogen-bond donors (Lipinski definition) is 2. The molecule has 0 bridgehead atoms. The first kappa shape index (κ1) is 13.4. The molecule has 0 saturated carbocycles. The van der Waals surface area contributed by atoms with Gasteiger partial charge in [-0.1, -0.05) is 30.0 Å². The summed E-state index contributed by atoms with van der Waals surface area (Å²) in [7, 11) is 1.76. The summed E-state index contributed by atoms with van der Waals surface area (Å²) in [5, 5.41) is 10.8. The number of nitrogens with zero attached hydrogens (tertiary/aromatic N) is 3. The molecule has 0 fully saturated rings. The molecule has 1 amide bonds. The number of aromatic nitrogens is 3. The third-order valence-corrected chi connectivity index (χ3v) is 3.70. The topological polar surface area (TPSA) is 85.8 Å². The van der Waals surface area contributed by atoms with Gasteiger partial charge in [-0.3, -0.25) is 9.36 Å². The van der Waals surface area contributed by atoms with Crippen molar-refractivity contribution in [3.05, 3.63) is 30.3 Å². The molecule has 1 heterocycles. The summed E-state index contributed by atoms with van der Waals surface area (Å²) in [5.41, 5.74) is 6.37. The number of rotatable bonds is 4. The minimum atomic E-state index is -0.289. The van der Waals surface area contributed by atoms with Gasteiger partial charge in [-0.05, 0) is 19.1 Å². The number of hydrogen-bond acceptors (Lipinski definition) is 5. The van der Waals surface area contributed by atoms with Crippen LogP contribution in [0.4, 0.5) is 11.6 Å². The number of carbonyl (C=O) groups is 1. The summed E-state index contributed by atoms with van der Waals surface area (Å²) in [5.74, 6) is 0.246. The number of amides is 1. The van der Waals surface area contributed by atoms with Gasteiger partial charge in [0.1, 0.15) is 0 Å². The Balaban J connectivity index is 1.98. The fraction of sp³-hybridized carbons (Fsp3) is 0.250. The highest BCUT2D eigenvalue weighted by Crippen LogP contribution is 2.22. The molecule has 2 aromatic rings. The Labute approximate surface area is 115 Å². The molecule has 0 aliphatic rings. The van der Waals surface area contributed by atoms with Crippen LogP contribution in [0.3, 0.4) is 0 Å². The molecule has 0 aliphatic heterocycles. The van der Waals surface area contributed by atoms with Crippen LogP contribution >= 0.6 is 11.8 Å². The van der Waals surface area contributed by atoms with Crippen LogP contribution in [0.2, 0.25) is 0 Å². The van der Waals surface area contributed by atoms with Gasteiger partial charge in [0.05, 0.1) is 5.25 Å².